The minimum Gasteiger partial charge on any atom is -0.485 e. The molecule has 0 atom stereocenters. The van der Waals surface area contributed by atoms with Gasteiger partial charge < -0.3 is 10.1 Å². The molecular weight excluding hydrogens is 228 g/mol. The summed E-state index contributed by atoms with van der Waals surface area (Å²) in [5.41, 5.74) is 1.06. The number of carbonyl (C=O) groups excluding carboxylic acids is 1. The fourth-order valence-electron chi connectivity index (χ4n) is 1.91. The number of hydrogen-bond acceptors (Lipinski definition) is 2. The number of rotatable bonds is 4. The van der Waals surface area contributed by atoms with Gasteiger partial charge in [0.2, 0.25) is 5.91 Å². The van der Waals surface area contributed by atoms with Crippen LogP contribution >= 0.6 is 0 Å². The van der Waals surface area contributed by atoms with E-state index in [1.807, 2.05) is 36.0 Å². The SMILES string of the molecule is CC(=O)NCCOc1cccc2ccc[n+](C)c12. The molecule has 0 saturated carbocycles. The third-order valence-corrected chi connectivity index (χ3v) is 2.70. The van der Waals surface area contributed by atoms with E-state index < -0.39 is 0 Å². The Morgan fingerprint density at radius 1 is 1.33 bits per heavy atom. The van der Waals surface area contributed by atoms with E-state index in [4.69, 9.17) is 4.74 Å². The molecule has 0 aliphatic rings. The Hall–Kier alpha value is -2.10. The lowest BCUT2D eigenvalue weighted by Gasteiger charge is -2.07. The van der Waals surface area contributed by atoms with E-state index in [9.17, 15) is 4.79 Å². The summed E-state index contributed by atoms with van der Waals surface area (Å²) in [6, 6.07) is 10.0. The summed E-state index contributed by atoms with van der Waals surface area (Å²) < 4.78 is 7.75. The molecule has 94 valence electrons. The average Bonchev–Trinajstić information content (AvgIpc) is 2.34. The number of hydrogen-bond donors (Lipinski definition) is 1. The summed E-state index contributed by atoms with van der Waals surface area (Å²) >= 11 is 0. The van der Waals surface area contributed by atoms with E-state index in [0.29, 0.717) is 13.2 Å². The molecule has 1 N–H and O–H groups in total. The molecular formula is C14H17N2O2+. The Morgan fingerprint density at radius 3 is 2.89 bits per heavy atom. The highest BCUT2D eigenvalue weighted by Gasteiger charge is 2.10. The van der Waals surface area contributed by atoms with Gasteiger partial charge in [0.15, 0.2) is 11.9 Å². The molecule has 0 aliphatic carbocycles. The minimum absolute atomic E-state index is 0.0397. The molecule has 0 unspecified atom stereocenters. The molecule has 0 spiro atoms. The third-order valence-electron chi connectivity index (χ3n) is 2.70. The zero-order valence-electron chi connectivity index (χ0n) is 10.6. The molecule has 1 aromatic carbocycles. The van der Waals surface area contributed by atoms with Gasteiger partial charge >= 0.3 is 0 Å². The molecule has 4 nitrogen and oxygen atoms in total. The molecule has 2 aromatic rings. The number of amides is 1. The maximum absolute atomic E-state index is 10.8. The van der Waals surface area contributed by atoms with Gasteiger partial charge in [0.1, 0.15) is 13.7 Å². The van der Waals surface area contributed by atoms with Crippen LogP contribution in [-0.2, 0) is 11.8 Å². The van der Waals surface area contributed by atoms with E-state index in [1.54, 1.807) is 0 Å². The fraction of sp³-hybridized carbons (Fsp3) is 0.286. The van der Waals surface area contributed by atoms with Crippen LogP contribution < -0.4 is 14.6 Å². The van der Waals surface area contributed by atoms with Crippen LogP contribution in [0.2, 0.25) is 0 Å². The van der Waals surface area contributed by atoms with Gasteiger partial charge in [-0.3, -0.25) is 4.79 Å². The first kappa shape index (κ1) is 12.4. The van der Waals surface area contributed by atoms with Crippen LogP contribution in [0.3, 0.4) is 0 Å². The first-order valence-electron chi connectivity index (χ1n) is 5.93. The number of carbonyl (C=O) groups is 1. The van der Waals surface area contributed by atoms with Gasteiger partial charge in [0.25, 0.3) is 5.52 Å². The second-order valence-electron chi connectivity index (χ2n) is 4.14. The number of pyridine rings is 1. The van der Waals surface area contributed by atoms with E-state index in [2.05, 4.69) is 17.4 Å². The lowest BCUT2D eigenvalue weighted by Crippen LogP contribution is -2.29. The van der Waals surface area contributed by atoms with Gasteiger partial charge in [-0.15, -0.1) is 0 Å². The van der Waals surface area contributed by atoms with Crippen molar-refractivity contribution in [2.45, 2.75) is 6.92 Å². The Balaban J connectivity index is 2.15. The number of fused-ring (bicyclic) bond motifs is 1. The Kier molecular flexibility index (Phi) is 3.77. The standard InChI is InChI=1S/C14H16N2O2/c1-11(17)15-8-10-18-13-7-3-5-12-6-4-9-16(2)14(12)13/h3-7,9H,8,10H2,1-2H3/p+1. The van der Waals surface area contributed by atoms with E-state index in [-0.39, 0.29) is 5.91 Å². The summed E-state index contributed by atoms with van der Waals surface area (Å²) in [7, 11) is 1.99. The van der Waals surface area contributed by atoms with E-state index in [0.717, 1.165) is 16.7 Å². The second-order valence-corrected chi connectivity index (χ2v) is 4.14. The summed E-state index contributed by atoms with van der Waals surface area (Å²) in [4.78, 5) is 10.8. The third kappa shape index (κ3) is 2.77. The number of aromatic nitrogens is 1. The van der Waals surface area contributed by atoms with Crippen LogP contribution in [0.15, 0.2) is 36.5 Å². The highest BCUT2D eigenvalue weighted by atomic mass is 16.5. The van der Waals surface area contributed by atoms with Crippen LogP contribution in [0.25, 0.3) is 10.9 Å². The molecule has 0 fully saturated rings. The van der Waals surface area contributed by atoms with E-state index >= 15 is 0 Å². The Morgan fingerprint density at radius 2 is 2.11 bits per heavy atom. The molecule has 2 rings (SSSR count). The van der Waals surface area contributed by atoms with Crippen molar-refractivity contribution >= 4 is 16.8 Å². The van der Waals surface area contributed by atoms with Crippen LogP contribution in [0.1, 0.15) is 6.92 Å². The average molecular weight is 245 g/mol. The number of benzene rings is 1. The maximum atomic E-state index is 10.8. The van der Waals surface area contributed by atoms with Crippen molar-refractivity contribution in [2.24, 2.45) is 7.05 Å². The maximum Gasteiger partial charge on any atom is 0.254 e. The van der Waals surface area contributed by atoms with Crippen molar-refractivity contribution in [1.29, 1.82) is 0 Å². The highest BCUT2D eigenvalue weighted by molar-refractivity contribution is 5.81. The van der Waals surface area contributed by atoms with E-state index in [1.165, 1.54) is 6.92 Å². The fourth-order valence-corrected chi connectivity index (χ4v) is 1.91. The lowest BCUT2D eigenvalue weighted by molar-refractivity contribution is -0.645. The predicted molar refractivity (Wildman–Crippen MR) is 69.3 cm³/mol. The Bertz CT molecular complexity index is 561. The van der Waals surface area contributed by atoms with Crippen molar-refractivity contribution < 1.29 is 14.1 Å². The van der Waals surface area contributed by atoms with Crippen molar-refractivity contribution in [3.8, 4) is 5.75 Å². The molecule has 1 aromatic heterocycles. The molecule has 0 radical (unpaired) electrons. The quantitative estimate of drug-likeness (QED) is 0.649. The molecule has 18 heavy (non-hydrogen) atoms. The van der Waals surface area contributed by atoms with Gasteiger partial charge in [-0.2, -0.15) is 4.57 Å². The molecule has 4 heteroatoms. The topological polar surface area (TPSA) is 42.2 Å². The molecule has 0 bridgehead atoms. The largest absolute Gasteiger partial charge is 0.485 e. The van der Waals surface area contributed by atoms with Crippen molar-refractivity contribution in [3.63, 3.8) is 0 Å². The molecule has 0 saturated heterocycles. The number of aryl methyl sites for hydroxylation is 1. The smallest absolute Gasteiger partial charge is 0.254 e. The second kappa shape index (κ2) is 5.49. The first-order valence-corrected chi connectivity index (χ1v) is 5.93. The van der Waals surface area contributed by atoms with Gasteiger partial charge in [-0.25, -0.2) is 0 Å². The van der Waals surface area contributed by atoms with Crippen molar-refractivity contribution in [3.05, 3.63) is 36.5 Å². The zero-order chi connectivity index (χ0) is 13.0. The predicted octanol–water partition coefficient (Wildman–Crippen LogP) is 1.18. The van der Waals surface area contributed by atoms with Gasteiger partial charge in [0.05, 0.1) is 11.9 Å². The van der Waals surface area contributed by atoms with Crippen molar-refractivity contribution in [1.82, 2.24) is 5.32 Å². The first-order chi connectivity index (χ1) is 8.68. The summed E-state index contributed by atoms with van der Waals surface area (Å²) in [5.74, 6) is 0.794. The van der Waals surface area contributed by atoms with Crippen LogP contribution in [0.5, 0.6) is 5.75 Å². The zero-order valence-corrected chi connectivity index (χ0v) is 10.6. The summed E-state index contributed by atoms with van der Waals surface area (Å²) in [6.07, 6.45) is 1.99. The molecule has 1 amide bonds. The number of ether oxygens (including phenoxy) is 1. The molecule has 1 heterocycles. The van der Waals surface area contributed by atoms with Crippen LogP contribution in [0.4, 0.5) is 0 Å². The number of nitrogens with zero attached hydrogens (tertiary/aromatic N) is 1. The van der Waals surface area contributed by atoms with Crippen molar-refractivity contribution in [2.75, 3.05) is 13.2 Å². The molecule has 0 aliphatic heterocycles. The monoisotopic (exact) mass is 245 g/mol. The van der Waals surface area contributed by atoms with Crippen LogP contribution in [0, 0.1) is 0 Å². The minimum atomic E-state index is -0.0397. The van der Waals surface area contributed by atoms with Gasteiger partial charge in [-0.1, -0.05) is 6.07 Å². The normalized spacial score (nSPS) is 10.3. The van der Waals surface area contributed by atoms with Gasteiger partial charge in [-0.05, 0) is 18.2 Å². The number of para-hydroxylation sites is 1. The lowest BCUT2D eigenvalue weighted by atomic mass is 10.2. The Labute approximate surface area is 106 Å². The summed E-state index contributed by atoms with van der Waals surface area (Å²) in [6.45, 7) is 2.48. The van der Waals surface area contributed by atoms with Gasteiger partial charge in [0, 0.05) is 13.0 Å². The number of nitrogens with one attached hydrogen (secondary N) is 1. The van der Waals surface area contributed by atoms with Crippen LogP contribution in [-0.4, -0.2) is 19.1 Å². The summed E-state index contributed by atoms with van der Waals surface area (Å²) in [5, 5.41) is 3.84. The highest BCUT2D eigenvalue weighted by Crippen LogP contribution is 2.21.